The van der Waals surface area contributed by atoms with E-state index in [1.165, 1.54) is 16.7 Å². The fourth-order valence-corrected chi connectivity index (χ4v) is 4.01. The first kappa shape index (κ1) is 18.5. The molecule has 0 atom stereocenters. The van der Waals surface area contributed by atoms with E-state index in [-0.39, 0.29) is 11.8 Å². The Morgan fingerprint density at radius 1 is 0.857 bits per heavy atom. The molecule has 28 heavy (non-hydrogen) atoms. The van der Waals surface area contributed by atoms with E-state index in [0.717, 1.165) is 31.6 Å². The highest BCUT2D eigenvalue weighted by Gasteiger charge is 2.22. The highest BCUT2D eigenvalue weighted by Crippen LogP contribution is 2.27. The zero-order valence-electron chi connectivity index (χ0n) is 16.1. The van der Waals surface area contributed by atoms with Crippen LogP contribution in [0, 0.1) is 0 Å². The molecule has 0 bridgehead atoms. The summed E-state index contributed by atoms with van der Waals surface area (Å²) in [7, 11) is 0. The van der Waals surface area contributed by atoms with Gasteiger partial charge in [0.25, 0.3) is 0 Å². The van der Waals surface area contributed by atoms with Crippen LogP contribution in [0.5, 0.6) is 0 Å². The normalized spacial score (nSPS) is 13.4. The number of fused-ring (bicyclic) bond motifs is 1. The maximum atomic E-state index is 12.9. The number of hydrogen-bond donors (Lipinski definition) is 1. The van der Waals surface area contributed by atoms with Crippen molar-refractivity contribution in [2.45, 2.75) is 18.8 Å². The van der Waals surface area contributed by atoms with Crippen LogP contribution in [0.2, 0.25) is 0 Å². The minimum absolute atomic E-state index is 0.145. The van der Waals surface area contributed by atoms with E-state index in [0.29, 0.717) is 6.54 Å². The Labute approximate surface area is 167 Å². The number of nitrogens with one attached hydrogen (secondary N) is 1. The molecule has 3 heteroatoms. The molecule has 0 saturated heterocycles. The van der Waals surface area contributed by atoms with E-state index in [1.54, 1.807) is 0 Å². The number of carbonyl (C=O) groups excluding carboxylic acids is 1. The summed E-state index contributed by atoms with van der Waals surface area (Å²) in [6.07, 6.45) is 2.08. The Balaban J connectivity index is 1.43. The van der Waals surface area contributed by atoms with Gasteiger partial charge in [-0.05, 0) is 35.6 Å². The van der Waals surface area contributed by atoms with Gasteiger partial charge >= 0.3 is 0 Å². The van der Waals surface area contributed by atoms with Gasteiger partial charge in [-0.1, -0.05) is 78.9 Å². The molecule has 0 spiro atoms. The van der Waals surface area contributed by atoms with Crippen molar-refractivity contribution >= 4 is 11.6 Å². The fraction of sp³-hybridized carbons (Fsp3) is 0.240. The molecule has 3 aromatic carbocycles. The van der Waals surface area contributed by atoms with Crippen LogP contribution >= 0.6 is 0 Å². The van der Waals surface area contributed by atoms with Gasteiger partial charge in [-0.3, -0.25) is 4.79 Å². The fourth-order valence-electron chi connectivity index (χ4n) is 4.01. The van der Waals surface area contributed by atoms with Crippen molar-refractivity contribution in [2.24, 2.45) is 0 Å². The molecule has 0 aromatic heterocycles. The largest absolute Gasteiger partial charge is 0.311 e. The van der Waals surface area contributed by atoms with Gasteiger partial charge in [0.2, 0.25) is 5.91 Å². The SMILES string of the molecule is O=C(CNCC(c1ccccc1)c1ccccc1)N1CCCc2ccccc21. The van der Waals surface area contributed by atoms with E-state index in [2.05, 4.69) is 72.0 Å². The number of rotatable bonds is 6. The Kier molecular flexibility index (Phi) is 5.83. The van der Waals surface area contributed by atoms with Crippen molar-refractivity contribution in [1.82, 2.24) is 5.32 Å². The third-order valence-corrected chi connectivity index (χ3v) is 5.44. The summed E-state index contributed by atoms with van der Waals surface area (Å²) in [5.74, 6) is 0.371. The lowest BCUT2D eigenvalue weighted by atomic mass is 9.91. The lowest BCUT2D eigenvalue weighted by Gasteiger charge is -2.30. The van der Waals surface area contributed by atoms with Gasteiger partial charge < -0.3 is 10.2 Å². The molecule has 142 valence electrons. The molecule has 0 radical (unpaired) electrons. The van der Waals surface area contributed by atoms with Crippen LogP contribution in [0.4, 0.5) is 5.69 Å². The van der Waals surface area contributed by atoms with Gasteiger partial charge in [0.05, 0.1) is 6.54 Å². The average molecular weight is 370 g/mol. The zero-order chi connectivity index (χ0) is 19.2. The predicted octanol–water partition coefficient (Wildman–Crippen LogP) is 4.39. The molecule has 0 fully saturated rings. The Bertz CT molecular complexity index is 869. The van der Waals surface area contributed by atoms with Crippen LogP contribution in [-0.4, -0.2) is 25.5 Å². The second-order valence-corrected chi connectivity index (χ2v) is 7.28. The zero-order valence-corrected chi connectivity index (χ0v) is 16.1. The first-order valence-corrected chi connectivity index (χ1v) is 10.0. The molecule has 4 rings (SSSR count). The second kappa shape index (κ2) is 8.85. The average Bonchev–Trinajstić information content (AvgIpc) is 2.77. The Hall–Kier alpha value is -2.91. The van der Waals surface area contributed by atoms with E-state index >= 15 is 0 Å². The summed E-state index contributed by atoms with van der Waals surface area (Å²) < 4.78 is 0. The molecule has 3 aromatic rings. The number of carbonyl (C=O) groups is 1. The van der Waals surface area contributed by atoms with Gasteiger partial charge in [0.15, 0.2) is 0 Å². The topological polar surface area (TPSA) is 32.3 Å². The number of benzene rings is 3. The molecule has 1 heterocycles. The van der Waals surface area contributed by atoms with Crippen LogP contribution < -0.4 is 10.2 Å². The van der Waals surface area contributed by atoms with Crippen molar-refractivity contribution in [3.63, 3.8) is 0 Å². The molecule has 1 amide bonds. The maximum absolute atomic E-state index is 12.9. The lowest BCUT2D eigenvalue weighted by molar-refractivity contribution is -0.117. The first-order chi connectivity index (χ1) is 13.8. The van der Waals surface area contributed by atoms with Crippen LogP contribution in [0.3, 0.4) is 0 Å². The standard InChI is InChI=1S/C25H26N2O/c28-25(27-17-9-15-22-14-7-8-16-24(22)27)19-26-18-23(20-10-3-1-4-11-20)21-12-5-2-6-13-21/h1-8,10-14,16,23,26H,9,15,17-19H2. The molecule has 1 aliphatic heterocycles. The first-order valence-electron chi connectivity index (χ1n) is 10.0. The number of anilines is 1. The lowest BCUT2D eigenvalue weighted by Crippen LogP contribution is -2.42. The number of aryl methyl sites for hydroxylation is 1. The number of para-hydroxylation sites is 1. The van der Waals surface area contributed by atoms with Gasteiger partial charge in [-0.2, -0.15) is 0 Å². The predicted molar refractivity (Wildman–Crippen MR) is 115 cm³/mol. The molecular weight excluding hydrogens is 344 g/mol. The minimum atomic E-state index is 0.145. The smallest absolute Gasteiger partial charge is 0.240 e. The summed E-state index contributed by atoms with van der Waals surface area (Å²) in [5.41, 5.74) is 4.87. The highest BCUT2D eigenvalue weighted by molar-refractivity contribution is 5.95. The van der Waals surface area contributed by atoms with Crippen molar-refractivity contribution in [2.75, 3.05) is 24.5 Å². The minimum Gasteiger partial charge on any atom is -0.311 e. The van der Waals surface area contributed by atoms with Gasteiger partial charge in [0, 0.05) is 24.7 Å². The van der Waals surface area contributed by atoms with Crippen molar-refractivity contribution < 1.29 is 4.79 Å². The number of hydrogen-bond acceptors (Lipinski definition) is 2. The monoisotopic (exact) mass is 370 g/mol. The molecule has 0 unspecified atom stereocenters. The van der Waals surface area contributed by atoms with E-state index in [9.17, 15) is 4.79 Å². The summed E-state index contributed by atoms with van der Waals surface area (Å²) in [6, 6.07) is 29.2. The summed E-state index contributed by atoms with van der Waals surface area (Å²) in [6.45, 7) is 1.89. The Morgan fingerprint density at radius 2 is 1.46 bits per heavy atom. The summed E-state index contributed by atoms with van der Waals surface area (Å²) in [4.78, 5) is 14.8. The molecule has 3 nitrogen and oxygen atoms in total. The van der Waals surface area contributed by atoms with Crippen molar-refractivity contribution in [1.29, 1.82) is 0 Å². The second-order valence-electron chi connectivity index (χ2n) is 7.28. The molecular formula is C25H26N2O. The molecule has 1 N–H and O–H groups in total. The molecule has 1 aliphatic rings. The molecule has 0 saturated carbocycles. The highest BCUT2D eigenvalue weighted by atomic mass is 16.2. The summed E-state index contributed by atoms with van der Waals surface area (Å²) in [5, 5.41) is 3.42. The number of nitrogens with zero attached hydrogens (tertiary/aromatic N) is 1. The van der Waals surface area contributed by atoms with Crippen LogP contribution in [0.15, 0.2) is 84.9 Å². The Morgan fingerprint density at radius 3 is 2.14 bits per heavy atom. The third kappa shape index (κ3) is 4.15. The van der Waals surface area contributed by atoms with E-state index in [1.807, 2.05) is 23.1 Å². The van der Waals surface area contributed by atoms with Gasteiger partial charge in [-0.25, -0.2) is 0 Å². The van der Waals surface area contributed by atoms with Crippen molar-refractivity contribution in [3.8, 4) is 0 Å². The number of amides is 1. The van der Waals surface area contributed by atoms with Gasteiger partial charge in [0.1, 0.15) is 0 Å². The van der Waals surface area contributed by atoms with Crippen molar-refractivity contribution in [3.05, 3.63) is 102 Å². The van der Waals surface area contributed by atoms with E-state index in [4.69, 9.17) is 0 Å². The van der Waals surface area contributed by atoms with Crippen LogP contribution in [0.1, 0.15) is 29.0 Å². The third-order valence-electron chi connectivity index (χ3n) is 5.44. The van der Waals surface area contributed by atoms with Gasteiger partial charge in [-0.15, -0.1) is 0 Å². The molecule has 0 aliphatic carbocycles. The van der Waals surface area contributed by atoms with Crippen LogP contribution in [-0.2, 0) is 11.2 Å². The van der Waals surface area contributed by atoms with E-state index < -0.39 is 0 Å². The quantitative estimate of drug-likeness (QED) is 0.698. The maximum Gasteiger partial charge on any atom is 0.240 e. The summed E-state index contributed by atoms with van der Waals surface area (Å²) >= 11 is 0. The van der Waals surface area contributed by atoms with Crippen LogP contribution in [0.25, 0.3) is 0 Å².